The lowest BCUT2D eigenvalue weighted by atomic mass is 9.89. The number of hydrogen-bond acceptors (Lipinski definition) is 14. The van der Waals surface area contributed by atoms with Gasteiger partial charge >= 0.3 is 5.97 Å². The zero-order valence-corrected chi connectivity index (χ0v) is 47.1. The zero-order valence-electron chi connectivity index (χ0n) is 47.1. The van der Waals surface area contributed by atoms with Gasteiger partial charge < -0.3 is 65.4 Å². The molecule has 0 bridgehead atoms. The van der Waals surface area contributed by atoms with Crippen LogP contribution in [-0.4, -0.2) is 192 Å². The molecule has 426 valence electrons. The van der Waals surface area contributed by atoms with Crippen molar-refractivity contribution in [1.29, 1.82) is 0 Å². The Morgan fingerprint density at radius 3 is 2.00 bits per heavy atom. The molecular weight excluding hydrogens is 969 g/mol. The van der Waals surface area contributed by atoms with Gasteiger partial charge in [-0.2, -0.15) is 0 Å². The second-order valence-corrected chi connectivity index (χ2v) is 20.2. The van der Waals surface area contributed by atoms with E-state index in [0.29, 0.717) is 52.2 Å². The largest absolute Gasteiger partial charge is 0.467 e. The van der Waals surface area contributed by atoms with Crippen molar-refractivity contribution in [3.8, 4) is 0 Å². The van der Waals surface area contributed by atoms with Gasteiger partial charge in [0.2, 0.25) is 41.4 Å². The summed E-state index contributed by atoms with van der Waals surface area (Å²) in [6.07, 6.45) is 0.947. The molecule has 7 amide bonds. The van der Waals surface area contributed by atoms with Crippen molar-refractivity contribution in [3.63, 3.8) is 0 Å². The Balaban J connectivity index is 2.12. The SMILES string of the molecule is CCC(C)C(C(CC(=O)N1CCC[C@H]1C(OC)C(C)C(=O)NC(Cc1ccccc1)C(=O)OC)OC)N(C)C(=O)C(NC(=O)C(C(C)C)N(C)C(=O)CCCNC(=O)C(C)NC(=O)CCOCCOCCN)C(C)C. The van der Waals surface area contributed by atoms with Crippen LogP contribution in [-0.2, 0) is 68.5 Å². The topological polar surface area (TPSA) is 267 Å². The van der Waals surface area contributed by atoms with Crippen LogP contribution in [0.25, 0.3) is 0 Å². The number of likely N-dealkylation sites (N-methyl/N-ethyl adjacent to an activating group) is 2. The van der Waals surface area contributed by atoms with E-state index in [9.17, 15) is 38.4 Å². The number of carbonyl (C=O) groups excluding carboxylic acids is 8. The second-order valence-electron chi connectivity index (χ2n) is 20.2. The van der Waals surface area contributed by atoms with E-state index in [1.54, 1.807) is 37.7 Å². The van der Waals surface area contributed by atoms with Crippen LogP contribution in [0.1, 0.15) is 106 Å². The van der Waals surface area contributed by atoms with Crippen molar-refractivity contribution in [3.05, 3.63) is 35.9 Å². The highest BCUT2D eigenvalue weighted by molar-refractivity contribution is 5.93. The fourth-order valence-corrected chi connectivity index (χ4v) is 9.58. The molecule has 0 aromatic heterocycles. The van der Waals surface area contributed by atoms with Gasteiger partial charge in [0.1, 0.15) is 24.2 Å². The number of nitrogens with one attached hydrogen (secondary N) is 4. The quantitative estimate of drug-likeness (QED) is 0.0483. The molecule has 1 saturated heterocycles. The van der Waals surface area contributed by atoms with Gasteiger partial charge in [-0.25, -0.2) is 4.79 Å². The summed E-state index contributed by atoms with van der Waals surface area (Å²) in [7, 11) is 7.47. The standard InChI is InChI=1S/C54H92N8O13/c1-14-36(6)48(42(71-11)33-45(65)62-27-19-22-41(62)49(72-12)37(7)50(66)58-40(54(70)73-13)32-39-20-16-15-17-21-39)61(10)53(69)46(34(2)3)59-52(68)47(35(4)5)60(9)44(64)23-18-26-56-51(67)38(8)57-43(63)24-28-74-30-31-75-29-25-55/h15-17,20-21,34-38,40-42,46-49H,14,18-19,22-33,55H2,1-13H3,(H,56,67)(H,57,63)(H,58,66)(H,59,68)/t36?,37?,38?,40?,41-,42?,46?,47?,48?,49?/m0/s1. The minimum atomic E-state index is -0.997. The van der Waals surface area contributed by atoms with E-state index in [2.05, 4.69) is 21.3 Å². The van der Waals surface area contributed by atoms with E-state index in [-0.39, 0.29) is 86.6 Å². The van der Waals surface area contributed by atoms with Crippen LogP contribution < -0.4 is 27.0 Å². The van der Waals surface area contributed by atoms with E-state index < -0.39 is 78.1 Å². The minimum absolute atomic E-state index is 0.0225. The number of benzene rings is 1. The number of likely N-dealkylation sites (tertiary alicyclic amines) is 1. The van der Waals surface area contributed by atoms with E-state index in [4.69, 9.17) is 29.4 Å². The molecular formula is C54H92N8O13. The monoisotopic (exact) mass is 1060 g/mol. The highest BCUT2D eigenvalue weighted by atomic mass is 16.5. The van der Waals surface area contributed by atoms with E-state index in [1.807, 2.05) is 71.9 Å². The maximum Gasteiger partial charge on any atom is 0.328 e. The molecule has 21 nitrogen and oxygen atoms in total. The second kappa shape index (κ2) is 34.4. The molecule has 0 radical (unpaired) electrons. The molecule has 1 aliphatic heterocycles. The average Bonchev–Trinajstić information content (AvgIpc) is 3.87. The first-order valence-corrected chi connectivity index (χ1v) is 26.6. The molecule has 1 aromatic carbocycles. The van der Waals surface area contributed by atoms with Crippen LogP contribution in [0.4, 0.5) is 0 Å². The average molecular weight is 1060 g/mol. The van der Waals surface area contributed by atoms with Gasteiger partial charge in [-0.15, -0.1) is 0 Å². The third-order valence-electron chi connectivity index (χ3n) is 14.0. The van der Waals surface area contributed by atoms with Crippen molar-refractivity contribution >= 4 is 47.3 Å². The number of methoxy groups -OCH3 is 3. The molecule has 1 aliphatic rings. The lowest BCUT2D eigenvalue weighted by Crippen LogP contribution is -2.60. The third kappa shape index (κ3) is 21.0. The van der Waals surface area contributed by atoms with Crippen LogP contribution in [0.5, 0.6) is 0 Å². The van der Waals surface area contributed by atoms with Gasteiger partial charge in [0.25, 0.3) is 0 Å². The molecule has 1 heterocycles. The van der Waals surface area contributed by atoms with Crippen LogP contribution in [0.2, 0.25) is 0 Å². The van der Waals surface area contributed by atoms with Crippen LogP contribution >= 0.6 is 0 Å². The molecule has 1 fully saturated rings. The number of nitrogens with two attached hydrogens (primary N) is 1. The number of rotatable bonds is 35. The van der Waals surface area contributed by atoms with E-state index >= 15 is 0 Å². The summed E-state index contributed by atoms with van der Waals surface area (Å²) in [5.74, 6) is -4.82. The highest BCUT2D eigenvalue weighted by Crippen LogP contribution is 2.30. The zero-order chi connectivity index (χ0) is 56.4. The molecule has 6 N–H and O–H groups in total. The summed E-state index contributed by atoms with van der Waals surface area (Å²) in [5.41, 5.74) is 6.22. The Labute approximate surface area is 446 Å². The summed E-state index contributed by atoms with van der Waals surface area (Å²) in [5, 5.41) is 11.2. The van der Waals surface area contributed by atoms with Crippen LogP contribution in [0, 0.1) is 23.7 Å². The van der Waals surface area contributed by atoms with Crippen molar-refractivity contribution in [1.82, 2.24) is 36.0 Å². The van der Waals surface area contributed by atoms with Crippen LogP contribution in [0.15, 0.2) is 30.3 Å². The summed E-state index contributed by atoms with van der Waals surface area (Å²) >= 11 is 0. The van der Waals surface area contributed by atoms with E-state index in [0.717, 1.165) is 5.56 Å². The van der Waals surface area contributed by atoms with Crippen molar-refractivity contribution in [2.75, 3.05) is 81.5 Å². The molecule has 2 rings (SSSR count). The minimum Gasteiger partial charge on any atom is -0.467 e. The van der Waals surface area contributed by atoms with Gasteiger partial charge in [0.15, 0.2) is 0 Å². The number of ether oxygens (including phenoxy) is 5. The predicted molar refractivity (Wildman–Crippen MR) is 284 cm³/mol. The molecule has 9 unspecified atom stereocenters. The summed E-state index contributed by atoms with van der Waals surface area (Å²) in [6, 6.07) is 4.56. The van der Waals surface area contributed by atoms with Gasteiger partial charge in [0.05, 0.1) is 70.2 Å². The summed E-state index contributed by atoms with van der Waals surface area (Å²) < 4.78 is 27.6. The number of esters is 1. The summed E-state index contributed by atoms with van der Waals surface area (Å²) in [6.45, 7) is 16.8. The Bertz CT molecular complexity index is 1940. The molecule has 0 saturated carbocycles. The molecule has 75 heavy (non-hydrogen) atoms. The number of nitrogens with zero attached hydrogens (tertiary/aromatic N) is 3. The Morgan fingerprint density at radius 1 is 0.773 bits per heavy atom. The van der Waals surface area contributed by atoms with Crippen molar-refractivity contribution in [2.45, 2.75) is 155 Å². The first kappa shape index (κ1) is 65.9. The molecule has 0 spiro atoms. The first-order chi connectivity index (χ1) is 35.6. The number of amides is 7. The van der Waals surface area contributed by atoms with Crippen LogP contribution in [0.3, 0.4) is 0 Å². The molecule has 0 aliphatic carbocycles. The van der Waals surface area contributed by atoms with Crippen molar-refractivity contribution in [2.24, 2.45) is 29.4 Å². The highest BCUT2D eigenvalue weighted by Gasteiger charge is 2.44. The third-order valence-corrected chi connectivity index (χ3v) is 14.0. The fourth-order valence-electron chi connectivity index (χ4n) is 9.58. The van der Waals surface area contributed by atoms with E-state index in [1.165, 1.54) is 26.2 Å². The maximum absolute atomic E-state index is 14.7. The number of carbonyl (C=O) groups is 8. The number of hydrogen-bond donors (Lipinski definition) is 5. The van der Waals surface area contributed by atoms with Crippen molar-refractivity contribution < 1.29 is 62.0 Å². The first-order valence-electron chi connectivity index (χ1n) is 26.6. The Morgan fingerprint density at radius 2 is 1.43 bits per heavy atom. The van der Waals surface area contributed by atoms with Gasteiger partial charge in [0, 0.05) is 67.2 Å². The normalized spacial score (nSPS) is 17.1. The molecule has 21 heteroatoms. The lowest BCUT2D eigenvalue weighted by Gasteiger charge is -2.41. The molecule has 10 atom stereocenters. The van der Waals surface area contributed by atoms with Gasteiger partial charge in [-0.05, 0) is 49.5 Å². The smallest absolute Gasteiger partial charge is 0.328 e. The predicted octanol–water partition coefficient (Wildman–Crippen LogP) is 2.21. The molecule has 1 aromatic rings. The Hall–Kier alpha value is -5.22. The maximum atomic E-state index is 14.7. The van der Waals surface area contributed by atoms with Gasteiger partial charge in [-0.3, -0.25) is 33.6 Å². The Kier molecular flexibility index (Phi) is 30.3. The van der Waals surface area contributed by atoms with Gasteiger partial charge in [-0.1, -0.05) is 85.2 Å². The summed E-state index contributed by atoms with van der Waals surface area (Å²) in [4.78, 5) is 113. The lowest BCUT2D eigenvalue weighted by molar-refractivity contribution is -0.149. The fraction of sp³-hybridized carbons (Fsp3) is 0.741.